The molecule has 0 bridgehead atoms. The number of hydrogen-bond donors (Lipinski definition) is 1. The Morgan fingerprint density at radius 3 is 2.41 bits per heavy atom. The van der Waals surface area contributed by atoms with Gasteiger partial charge in [-0.25, -0.2) is 0 Å². The summed E-state index contributed by atoms with van der Waals surface area (Å²) in [5, 5.41) is 8.81. The number of Topliss-reactive ketones (excluding diaryl/α,β-unsaturated/α-hetero) is 1. The molecule has 5 nitrogen and oxygen atoms in total. The normalized spacial score (nSPS) is 16.5. The summed E-state index contributed by atoms with van der Waals surface area (Å²) in [5.41, 5.74) is 4.77. The number of rotatable bonds is 2. The largest absolute Gasteiger partial charge is 0.493 e. The molecule has 0 saturated heterocycles. The maximum atomic E-state index is 12.7. The van der Waals surface area contributed by atoms with Crippen molar-refractivity contribution >= 4 is 18.2 Å². The molecule has 0 amide bonds. The Morgan fingerprint density at radius 1 is 1.07 bits per heavy atom. The van der Waals surface area contributed by atoms with E-state index in [1.807, 2.05) is 18.2 Å². The summed E-state index contributed by atoms with van der Waals surface area (Å²) in [5.74, 6) is 1.50. The zero-order valence-electron chi connectivity index (χ0n) is 16.1. The summed E-state index contributed by atoms with van der Waals surface area (Å²) < 4.78 is 13.1. The molecule has 2 aliphatic rings. The molecule has 0 unspecified atom stereocenters. The minimum atomic E-state index is -0.0729. The Kier molecular flexibility index (Phi) is 4.85. The maximum Gasteiger partial charge on any atom is 0.167 e. The molecule has 2 aromatic rings. The van der Waals surface area contributed by atoms with E-state index in [0.29, 0.717) is 23.1 Å². The monoisotopic (exact) mass is 388 g/mol. The van der Waals surface area contributed by atoms with Gasteiger partial charge < -0.3 is 14.0 Å². The van der Waals surface area contributed by atoms with Crippen LogP contribution in [0.5, 0.6) is 11.5 Å². The van der Waals surface area contributed by atoms with Gasteiger partial charge in [0.1, 0.15) is 0 Å². The molecule has 6 heteroatoms. The van der Waals surface area contributed by atoms with E-state index in [1.54, 1.807) is 14.2 Å². The fourth-order valence-corrected chi connectivity index (χ4v) is 4.33. The molecule has 0 fully saturated rings. The van der Waals surface area contributed by atoms with Gasteiger partial charge in [0, 0.05) is 24.2 Å². The van der Waals surface area contributed by atoms with Gasteiger partial charge in [-0.15, -0.1) is 12.4 Å². The van der Waals surface area contributed by atoms with Gasteiger partial charge in [0.15, 0.2) is 17.3 Å². The van der Waals surface area contributed by atoms with Crippen LogP contribution < -0.4 is 14.8 Å². The second-order valence-corrected chi connectivity index (χ2v) is 7.97. The molecular formula is C21H25ClN2O3. The molecule has 0 saturated carbocycles. The van der Waals surface area contributed by atoms with E-state index < -0.39 is 0 Å². The Bertz CT molecular complexity index is 992. The number of benzene rings is 1. The highest BCUT2D eigenvalue weighted by Crippen LogP contribution is 2.41. The number of carbonyl (C=O) groups excluding carboxylic acids is 1. The van der Waals surface area contributed by atoms with E-state index in [-0.39, 0.29) is 23.6 Å². The van der Waals surface area contributed by atoms with E-state index in [0.717, 1.165) is 42.1 Å². The number of ketones is 1. The van der Waals surface area contributed by atoms with Crippen molar-refractivity contribution in [2.45, 2.75) is 39.7 Å². The van der Waals surface area contributed by atoms with Crippen LogP contribution in [0.2, 0.25) is 0 Å². The van der Waals surface area contributed by atoms with Gasteiger partial charge in [-0.05, 0) is 42.0 Å². The molecule has 0 radical (unpaired) electrons. The van der Waals surface area contributed by atoms with Crippen molar-refractivity contribution in [3.8, 4) is 22.8 Å². The zero-order chi connectivity index (χ0) is 18.6. The summed E-state index contributed by atoms with van der Waals surface area (Å²) in [7, 11) is 3.27. The number of nitrogens with zero attached hydrogens (tertiary/aromatic N) is 1. The first-order chi connectivity index (χ1) is 12.3. The topological polar surface area (TPSA) is 64.3 Å². The van der Waals surface area contributed by atoms with Gasteiger partial charge >= 0.3 is 0 Å². The molecule has 1 aromatic carbocycles. The standard InChI is InChI=1S/C21H24N2O3.ClH/c1-21(2)10-16-20(17(24)11-21)14(22)9-15-13-8-19(26-4)18(25-3)7-12(13)5-6-23(15)16;/h7-9,22H,5-6,10-11H2,1-4H3;1H. The van der Waals surface area contributed by atoms with Gasteiger partial charge in [-0.1, -0.05) is 13.8 Å². The fraction of sp³-hybridized carbons (Fsp3) is 0.429. The van der Waals surface area contributed by atoms with Crippen LogP contribution in [0.3, 0.4) is 0 Å². The average molecular weight is 389 g/mol. The Balaban J connectivity index is 0.00000210. The lowest BCUT2D eigenvalue weighted by Crippen LogP contribution is -2.36. The maximum absolute atomic E-state index is 12.7. The number of ether oxygens (including phenoxy) is 2. The molecule has 4 rings (SSSR count). The SMILES string of the molecule is COc1cc2c(cc1OC)-c1cc(=N)c3c(n1CC2)CC(C)(C)CC3=O.Cl. The van der Waals surface area contributed by atoms with Crippen LogP contribution >= 0.6 is 12.4 Å². The van der Waals surface area contributed by atoms with Gasteiger partial charge in [0.05, 0.1) is 30.8 Å². The number of halogens is 1. The van der Waals surface area contributed by atoms with Crippen LogP contribution in [0.25, 0.3) is 11.3 Å². The van der Waals surface area contributed by atoms with Crippen LogP contribution in [0.1, 0.15) is 41.9 Å². The van der Waals surface area contributed by atoms with Crippen molar-refractivity contribution in [3.63, 3.8) is 0 Å². The second kappa shape index (κ2) is 6.71. The Labute approximate surface area is 165 Å². The Morgan fingerprint density at radius 2 is 1.74 bits per heavy atom. The smallest absolute Gasteiger partial charge is 0.167 e. The number of fused-ring (bicyclic) bond motifs is 5. The third kappa shape index (κ3) is 3.04. The lowest BCUT2D eigenvalue weighted by Gasteiger charge is -2.35. The molecule has 1 N–H and O–H groups in total. The van der Waals surface area contributed by atoms with E-state index in [1.165, 1.54) is 5.56 Å². The van der Waals surface area contributed by atoms with Gasteiger partial charge in [0.25, 0.3) is 0 Å². The summed E-state index contributed by atoms with van der Waals surface area (Å²) in [6.45, 7) is 5.06. The molecule has 0 atom stereocenters. The summed E-state index contributed by atoms with van der Waals surface area (Å²) in [4.78, 5) is 12.7. The predicted molar refractivity (Wildman–Crippen MR) is 106 cm³/mol. The van der Waals surface area contributed by atoms with Gasteiger partial charge in [-0.2, -0.15) is 0 Å². The number of methoxy groups -OCH3 is 2. The summed E-state index contributed by atoms with van der Waals surface area (Å²) >= 11 is 0. The first kappa shape index (κ1) is 19.5. The first-order valence-corrected chi connectivity index (χ1v) is 8.94. The van der Waals surface area contributed by atoms with Crippen LogP contribution in [-0.4, -0.2) is 24.6 Å². The highest BCUT2D eigenvalue weighted by Gasteiger charge is 2.35. The van der Waals surface area contributed by atoms with Gasteiger partial charge in [-0.3, -0.25) is 10.2 Å². The number of aryl methyl sites for hydroxylation is 1. The third-order valence-electron chi connectivity index (χ3n) is 5.51. The number of hydrogen-bond acceptors (Lipinski definition) is 4. The minimum absolute atomic E-state index is 0. The minimum Gasteiger partial charge on any atom is -0.493 e. The van der Waals surface area contributed by atoms with E-state index in [9.17, 15) is 4.79 Å². The van der Waals surface area contributed by atoms with Crippen LogP contribution in [0.15, 0.2) is 18.2 Å². The molecule has 144 valence electrons. The van der Waals surface area contributed by atoms with Crippen molar-refractivity contribution in [1.29, 1.82) is 5.41 Å². The number of pyridine rings is 1. The first-order valence-electron chi connectivity index (χ1n) is 8.94. The molecule has 0 spiro atoms. The lowest BCUT2D eigenvalue weighted by atomic mass is 9.75. The van der Waals surface area contributed by atoms with Crippen molar-refractivity contribution in [3.05, 3.63) is 40.4 Å². The quantitative estimate of drug-likeness (QED) is 0.851. The molecule has 27 heavy (non-hydrogen) atoms. The van der Waals surface area contributed by atoms with Crippen LogP contribution in [0, 0.1) is 10.8 Å². The van der Waals surface area contributed by atoms with E-state index in [2.05, 4.69) is 18.4 Å². The fourth-order valence-electron chi connectivity index (χ4n) is 4.33. The zero-order valence-corrected chi connectivity index (χ0v) is 17.0. The number of nitrogens with one attached hydrogen (secondary N) is 1. The third-order valence-corrected chi connectivity index (χ3v) is 5.51. The van der Waals surface area contributed by atoms with Crippen molar-refractivity contribution in [2.24, 2.45) is 5.41 Å². The average Bonchev–Trinajstić information content (AvgIpc) is 2.58. The number of aromatic nitrogens is 1. The highest BCUT2D eigenvalue weighted by molar-refractivity contribution is 5.98. The van der Waals surface area contributed by atoms with Crippen molar-refractivity contribution < 1.29 is 14.3 Å². The molecule has 1 aliphatic heterocycles. The van der Waals surface area contributed by atoms with Crippen molar-refractivity contribution in [2.75, 3.05) is 14.2 Å². The van der Waals surface area contributed by atoms with E-state index >= 15 is 0 Å². The molecular weight excluding hydrogens is 364 g/mol. The van der Waals surface area contributed by atoms with E-state index in [4.69, 9.17) is 14.9 Å². The van der Waals surface area contributed by atoms with Gasteiger partial charge in [0.2, 0.25) is 0 Å². The number of carbonyl (C=O) groups is 1. The second-order valence-electron chi connectivity index (χ2n) is 7.97. The summed E-state index contributed by atoms with van der Waals surface area (Å²) in [6, 6.07) is 5.84. The molecule has 1 aliphatic carbocycles. The summed E-state index contributed by atoms with van der Waals surface area (Å²) in [6.07, 6.45) is 2.19. The highest BCUT2D eigenvalue weighted by atomic mass is 35.5. The van der Waals surface area contributed by atoms with Crippen LogP contribution in [0.4, 0.5) is 0 Å². The lowest BCUT2D eigenvalue weighted by molar-refractivity contribution is 0.0906. The molecule has 2 heterocycles. The molecule has 1 aromatic heterocycles. The van der Waals surface area contributed by atoms with Crippen molar-refractivity contribution in [1.82, 2.24) is 4.57 Å². The Hall–Kier alpha value is -2.27. The predicted octanol–water partition coefficient (Wildman–Crippen LogP) is 3.78. The van der Waals surface area contributed by atoms with Crippen LogP contribution in [-0.2, 0) is 19.4 Å².